The number of guanidine groups is 2. The summed E-state index contributed by atoms with van der Waals surface area (Å²) in [4.78, 5) is 8.90. The van der Waals surface area contributed by atoms with Gasteiger partial charge in [-0.1, -0.05) is 52.4 Å². The van der Waals surface area contributed by atoms with Gasteiger partial charge in [-0.15, -0.1) is 0 Å². The first-order chi connectivity index (χ1) is 10.2. The van der Waals surface area contributed by atoms with E-state index in [9.17, 15) is 0 Å². The predicted molar refractivity (Wildman–Crippen MR) is 91.4 cm³/mol. The zero-order chi connectivity index (χ0) is 15.5. The minimum atomic E-state index is 0.354. The van der Waals surface area contributed by atoms with Crippen molar-refractivity contribution in [3.63, 3.8) is 0 Å². The first-order valence-corrected chi connectivity index (χ1v) is 8.55. The topological polar surface area (TPSA) is 88.8 Å². The fraction of sp³-hybridized carbons (Fsp3) is 0.875. The van der Waals surface area contributed by atoms with Crippen molar-refractivity contribution in [2.75, 3.05) is 6.54 Å². The van der Waals surface area contributed by atoms with E-state index >= 15 is 0 Å². The highest BCUT2D eigenvalue weighted by atomic mass is 15.2. The van der Waals surface area contributed by atoms with Gasteiger partial charge in [-0.3, -0.25) is 10.3 Å². The third kappa shape index (κ3) is 7.93. The first kappa shape index (κ1) is 17.8. The fourth-order valence-corrected chi connectivity index (χ4v) is 2.75. The molecule has 0 amide bonds. The van der Waals surface area contributed by atoms with E-state index in [0.717, 1.165) is 25.8 Å². The van der Waals surface area contributed by atoms with Crippen molar-refractivity contribution in [1.29, 1.82) is 0 Å². The van der Waals surface area contributed by atoms with Crippen LogP contribution < -0.4 is 16.8 Å². The summed E-state index contributed by atoms with van der Waals surface area (Å²) in [7, 11) is 0. The molecule has 1 unspecified atom stereocenters. The normalized spacial score (nSPS) is 19.5. The van der Waals surface area contributed by atoms with E-state index in [0.29, 0.717) is 23.9 Å². The quantitative estimate of drug-likeness (QED) is 0.498. The molecule has 122 valence electrons. The molecule has 0 saturated heterocycles. The second-order valence-corrected chi connectivity index (χ2v) is 6.07. The van der Waals surface area contributed by atoms with Crippen LogP contribution in [0.25, 0.3) is 0 Å². The number of nitrogens with one attached hydrogen (secondary N) is 1. The average molecular weight is 295 g/mol. The Morgan fingerprint density at radius 2 is 1.86 bits per heavy atom. The molecule has 21 heavy (non-hydrogen) atoms. The minimum absolute atomic E-state index is 0.354. The molecule has 1 fully saturated rings. The van der Waals surface area contributed by atoms with Crippen LogP contribution in [0.2, 0.25) is 0 Å². The fourth-order valence-electron chi connectivity index (χ4n) is 2.75. The van der Waals surface area contributed by atoms with Gasteiger partial charge in [0.15, 0.2) is 11.9 Å². The summed E-state index contributed by atoms with van der Waals surface area (Å²) < 4.78 is 0. The Labute approximate surface area is 129 Å². The summed E-state index contributed by atoms with van der Waals surface area (Å²) >= 11 is 0. The molecule has 1 atom stereocenters. The van der Waals surface area contributed by atoms with Crippen molar-refractivity contribution in [3.8, 4) is 0 Å². The summed E-state index contributed by atoms with van der Waals surface area (Å²) in [5.41, 5.74) is 11.8. The van der Waals surface area contributed by atoms with Crippen LogP contribution in [0.4, 0.5) is 0 Å². The third-order valence-corrected chi connectivity index (χ3v) is 4.22. The van der Waals surface area contributed by atoms with Crippen LogP contribution in [0, 0.1) is 5.92 Å². The van der Waals surface area contributed by atoms with E-state index < -0.39 is 0 Å². The summed E-state index contributed by atoms with van der Waals surface area (Å²) in [5, 5.41) is 2.92. The Kier molecular flexibility index (Phi) is 8.87. The van der Waals surface area contributed by atoms with Gasteiger partial charge >= 0.3 is 0 Å². The van der Waals surface area contributed by atoms with E-state index in [1.165, 1.54) is 38.5 Å². The Bertz CT molecular complexity index is 332. The van der Waals surface area contributed by atoms with Crippen molar-refractivity contribution >= 4 is 11.9 Å². The maximum absolute atomic E-state index is 5.90. The van der Waals surface area contributed by atoms with Gasteiger partial charge in [0.2, 0.25) is 0 Å². The average Bonchev–Trinajstić information content (AvgIpc) is 2.48. The SMILES string of the molecule is CCCCC(CC)CN=C(N)NC(N)=NC1CCCCC1. The molecule has 0 heterocycles. The molecular weight excluding hydrogens is 262 g/mol. The molecule has 5 nitrogen and oxygen atoms in total. The lowest BCUT2D eigenvalue weighted by atomic mass is 9.96. The molecule has 1 aliphatic carbocycles. The van der Waals surface area contributed by atoms with Gasteiger partial charge in [0.1, 0.15) is 0 Å². The van der Waals surface area contributed by atoms with Gasteiger partial charge in [-0.25, -0.2) is 4.99 Å². The lowest BCUT2D eigenvalue weighted by Crippen LogP contribution is -2.42. The summed E-state index contributed by atoms with van der Waals surface area (Å²) in [5.74, 6) is 1.41. The molecular formula is C16H33N5. The van der Waals surface area contributed by atoms with E-state index in [1.54, 1.807) is 0 Å². The molecule has 1 rings (SSSR count). The number of nitrogens with two attached hydrogens (primary N) is 2. The second kappa shape index (κ2) is 10.5. The number of hydrogen-bond donors (Lipinski definition) is 3. The minimum Gasteiger partial charge on any atom is -0.370 e. The first-order valence-electron chi connectivity index (χ1n) is 8.55. The van der Waals surface area contributed by atoms with Gasteiger partial charge in [-0.2, -0.15) is 0 Å². The largest absolute Gasteiger partial charge is 0.370 e. The van der Waals surface area contributed by atoms with Crippen LogP contribution in [0.3, 0.4) is 0 Å². The second-order valence-electron chi connectivity index (χ2n) is 6.07. The predicted octanol–water partition coefficient (Wildman–Crippen LogP) is 2.75. The summed E-state index contributed by atoms with van der Waals surface area (Å²) in [6, 6.07) is 0.354. The van der Waals surface area contributed by atoms with E-state index in [4.69, 9.17) is 11.5 Å². The zero-order valence-corrected chi connectivity index (χ0v) is 13.8. The van der Waals surface area contributed by atoms with E-state index in [-0.39, 0.29) is 0 Å². The molecule has 0 radical (unpaired) electrons. The van der Waals surface area contributed by atoms with Crippen molar-refractivity contribution in [1.82, 2.24) is 5.32 Å². The zero-order valence-electron chi connectivity index (χ0n) is 13.8. The van der Waals surface area contributed by atoms with Crippen molar-refractivity contribution < 1.29 is 0 Å². The molecule has 1 saturated carbocycles. The van der Waals surface area contributed by atoms with Gasteiger partial charge in [0.05, 0.1) is 6.04 Å². The van der Waals surface area contributed by atoms with Crippen LogP contribution >= 0.6 is 0 Å². The third-order valence-electron chi connectivity index (χ3n) is 4.22. The van der Waals surface area contributed by atoms with Crippen LogP contribution in [0.1, 0.15) is 71.6 Å². The van der Waals surface area contributed by atoms with Crippen molar-refractivity contribution in [2.45, 2.75) is 77.7 Å². The van der Waals surface area contributed by atoms with Crippen LogP contribution in [-0.2, 0) is 0 Å². The lowest BCUT2D eigenvalue weighted by molar-refractivity contribution is 0.442. The van der Waals surface area contributed by atoms with Crippen molar-refractivity contribution in [3.05, 3.63) is 0 Å². The Morgan fingerprint density at radius 3 is 2.48 bits per heavy atom. The Morgan fingerprint density at radius 1 is 1.14 bits per heavy atom. The number of nitrogens with zero attached hydrogens (tertiary/aromatic N) is 2. The van der Waals surface area contributed by atoms with E-state index in [1.807, 2.05) is 0 Å². The number of hydrogen-bond acceptors (Lipinski definition) is 2. The molecule has 5 N–H and O–H groups in total. The Balaban J connectivity index is 2.37. The smallest absolute Gasteiger partial charge is 0.195 e. The lowest BCUT2D eigenvalue weighted by Gasteiger charge is -2.18. The van der Waals surface area contributed by atoms with E-state index in [2.05, 4.69) is 29.1 Å². The molecule has 0 aromatic heterocycles. The van der Waals surface area contributed by atoms with Gasteiger partial charge in [0, 0.05) is 6.54 Å². The van der Waals surface area contributed by atoms with Crippen LogP contribution in [0.5, 0.6) is 0 Å². The maximum Gasteiger partial charge on any atom is 0.195 e. The molecule has 0 aromatic rings. The molecule has 0 bridgehead atoms. The highest BCUT2D eigenvalue weighted by molar-refractivity contribution is 5.97. The molecule has 0 spiro atoms. The van der Waals surface area contributed by atoms with Gasteiger partial charge in [0.25, 0.3) is 0 Å². The summed E-state index contributed by atoms with van der Waals surface area (Å²) in [6.45, 7) is 5.19. The van der Waals surface area contributed by atoms with Crippen LogP contribution in [-0.4, -0.2) is 24.5 Å². The standard InChI is InChI=1S/C16H33N5/c1-3-5-9-13(4-2)12-19-15(17)21-16(18)20-14-10-7-6-8-11-14/h13-14H,3-12H2,1-2H3,(H5,17,18,19,20,21). The number of aliphatic imine (C=N–C) groups is 2. The highest BCUT2D eigenvalue weighted by Crippen LogP contribution is 2.19. The summed E-state index contributed by atoms with van der Waals surface area (Å²) in [6.07, 6.45) is 10.9. The monoisotopic (exact) mass is 295 g/mol. The number of unbranched alkanes of at least 4 members (excludes halogenated alkanes) is 1. The van der Waals surface area contributed by atoms with Crippen molar-refractivity contribution in [2.24, 2.45) is 27.4 Å². The molecule has 1 aliphatic rings. The molecule has 0 aliphatic heterocycles. The number of rotatable bonds is 7. The van der Waals surface area contributed by atoms with Gasteiger partial charge < -0.3 is 11.5 Å². The maximum atomic E-state index is 5.90. The van der Waals surface area contributed by atoms with Gasteiger partial charge in [-0.05, 0) is 25.2 Å². The highest BCUT2D eigenvalue weighted by Gasteiger charge is 2.12. The molecule has 0 aromatic carbocycles. The molecule has 5 heteroatoms. The Hall–Kier alpha value is -1.26. The van der Waals surface area contributed by atoms with Crippen LogP contribution in [0.15, 0.2) is 9.98 Å².